The molecule has 2 aromatic carbocycles. The van der Waals surface area contributed by atoms with E-state index in [0.717, 1.165) is 35.6 Å². The molecular weight excluding hydrogens is 445 g/mol. The molecule has 0 aliphatic carbocycles. The van der Waals surface area contributed by atoms with Crippen molar-refractivity contribution in [2.24, 2.45) is 0 Å². The first kappa shape index (κ1) is 20.9. The first-order valence-electron chi connectivity index (χ1n) is 8.05. The second kappa shape index (κ2) is 7.55. The molecule has 0 saturated carbocycles. The quantitative estimate of drug-likeness (QED) is 0.520. The lowest BCUT2D eigenvalue weighted by Crippen LogP contribution is -2.16. The Bertz CT molecular complexity index is 1220. The Hall–Kier alpha value is -1.81. The first-order valence-corrected chi connectivity index (χ1v) is 12.3. The number of rotatable bonds is 5. The summed E-state index contributed by atoms with van der Waals surface area (Å²) in [6.07, 6.45) is 0. The molecular formula is C18H15ClFNO4S3. The second-order valence-corrected chi connectivity index (χ2v) is 12.2. The van der Waals surface area contributed by atoms with Gasteiger partial charge in [-0.05, 0) is 50.2 Å². The van der Waals surface area contributed by atoms with E-state index in [0.29, 0.717) is 10.6 Å². The predicted octanol–water partition coefficient (Wildman–Crippen LogP) is 4.62. The van der Waals surface area contributed by atoms with Gasteiger partial charge in [-0.15, -0.1) is 11.3 Å². The molecule has 5 nitrogen and oxygen atoms in total. The molecule has 0 aliphatic rings. The number of aromatic nitrogens is 1. The minimum absolute atomic E-state index is 0.233. The van der Waals surface area contributed by atoms with Gasteiger partial charge in [0.15, 0.2) is 19.1 Å². The second-order valence-electron chi connectivity index (χ2n) is 6.17. The van der Waals surface area contributed by atoms with Gasteiger partial charge in [0.2, 0.25) is 9.84 Å². The topological polar surface area (TPSA) is 81.2 Å². The molecule has 1 heterocycles. The van der Waals surface area contributed by atoms with E-state index in [9.17, 15) is 21.2 Å². The zero-order chi connectivity index (χ0) is 20.7. The molecule has 0 saturated heterocycles. The Morgan fingerprint density at radius 3 is 2.07 bits per heavy atom. The molecule has 3 rings (SSSR count). The molecule has 0 radical (unpaired) electrons. The van der Waals surface area contributed by atoms with Gasteiger partial charge in [-0.1, -0.05) is 23.7 Å². The Labute approximate surface area is 171 Å². The van der Waals surface area contributed by atoms with Gasteiger partial charge in [0.05, 0.1) is 10.1 Å². The maximum Gasteiger partial charge on any atom is 0.226 e. The van der Waals surface area contributed by atoms with Crippen molar-refractivity contribution in [3.63, 3.8) is 0 Å². The van der Waals surface area contributed by atoms with Crippen molar-refractivity contribution >= 4 is 42.6 Å². The molecule has 1 aromatic heterocycles. The maximum absolute atomic E-state index is 13.2. The highest BCUT2D eigenvalue weighted by Crippen LogP contribution is 2.38. The Morgan fingerprint density at radius 1 is 0.964 bits per heavy atom. The first-order chi connectivity index (χ1) is 13.0. The third-order valence-corrected chi connectivity index (χ3v) is 9.92. The number of thiazole rings is 1. The molecule has 0 bridgehead atoms. The fourth-order valence-electron chi connectivity index (χ4n) is 2.30. The van der Waals surface area contributed by atoms with E-state index in [1.165, 1.54) is 13.8 Å². The molecule has 10 heteroatoms. The van der Waals surface area contributed by atoms with Crippen LogP contribution in [0.25, 0.3) is 10.6 Å². The Morgan fingerprint density at radius 2 is 1.54 bits per heavy atom. The number of benzene rings is 2. The van der Waals surface area contributed by atoms with Gasteiger partial charge in [-0.3, -0.25) is 0 Å². The molecule has 3 aromatic rings. The molecule has 28 heavy (non-hydrogen) atoms. The maximum atomic E-state index is 13.2. The van der Waals surface area contributed by atoms with Gasteiger partial charge in [-0.2, -0.15) is 0 Å². The average Bonchev–Trinajstić information content (AvgIpc) is 3.09. The zero-order valence-electron chi connectivity index (χ0n) is 14.8. The van der Waals surface area contributed by atoms with Crippen molar-refractivity contribution in [2.75, 3.05) is 0 Å². The van der Waals surface area contributed by atoms with Crippen LogP contribution in [0.15, 0.2) is 62.7 Å². The summed E-state index contributed by atoms with van der Waals surface area (Å²) in [5.41, 5.74) is 0.537. The largest absolute Gasteiger partial charge is 0.226 e. The smallest absolute Gasteiger partial charge is 0.223 e. The number of halogens is 2. The lowest BCUT2D eigenvalue weighted by molar-refractivity contribution is 0.577. The molecule has 0 fully saturated rings. The lowest BCUT2D eigenvalue weighted by atomic mass is 10.2. The predicted molar refractivity (Wildman–Crippen MR) is 107 cm³/mol. The van der Waals surface area contributed by atoms with Gasteiger partial charge in [0.1, 0.15) is 10.8 Å². The van der Waals surface area contributed by atoms with E-state index in [4.69, 9.17) is 11.6 Å². The van der Waals surface area contributed by atoms with Crippen molar-refractivity contribution < 1.29 is 21.2 Å². The van der Waals surface area contributed by atoms with Gasteiger partial charge >= 0.3 is 0 Å². The van der Waals surface area contributed by atoms with E-state index >= 15 is 0 Å². The third kappa shape index (κ3) is 3.84. The zero-order valence-corrected chi connectivity index (χ0v) is 18.0. The number of hydrogen-bond acceptors (Lipinski definition) is 6. The highest BCUT2D eigenvalue weighted by molar-refractivity contribution is 7.96. The summed E-state index contributed by atoms with van der Waals surface area (Å²) < 4.78 is 64.6. The number of nitrogens with zero attached hydrogens (tertiary/aromatic N) is 1. The molecule has 0 unspecified atom stereocenters. The standard InChI is InChI=1S/C18H15ClFNO4S3/c1-11(2)27(22,23)18-17(28(24,25)15-9-7-14(20)8-10-15)21-16(26-18)12-3-5-13(19)6-4-12/h3-11H,1-2H3. The van der Waals surface area contributed by atoms with E-state index in [-0.39, 0.29) is 14.1 Å². The van der Waals surface area contributed by atoms with Gasteiger partial charge in [0, 0.05) is 10.6 Å². The van der Waals surface area contributed by atoms with E-state index in [1.54, 1.807) is 24.3 Å². The van der Waals surface area contributed by atoms with E-state index in [1.807, 2.05) is 0 Å². The van der Waals surface area contributed by atoms with Gasteiger partial charge in [-0.25, -0.2) is 26.2 Å². The number of hydrogen-bond donors (Lipinski definition) is 0. The third-order valence-electron chi connectivity index (χ3n) is 3.92. The Kier molecular flexibility index (Phi) is 5.64. The lowest BCUT2D eigenvalue weighted by Gasteiger charge is -2.08. The highest BCUT2D eigenvalue weighted by Gasteiger charge is 2.35. The van der Waals surface area contributed by atoms with Gasteiger partial charge in [0.25, 0.3) is 0 Å². The van der Waals surface area contributed by atoms with Crippen LogP contribution in [0.4, 0.5) is 4.39 Å². The van der Waals surface area contributed by atoms with Crippen molar-refractivity contribution in [2.45, 2.75) is 33.2 Å². The fourth-order valence-corrected chi connectivity index (χ4v) is 7.46. The SMILES string of the molecule is CC(C)S(=O)(=O)c1sc(-c2ccc(Cl)cc2)nc1S(=O)(=O)c1ccc(F)cc1. The van der Waals surface area contributed by atoms with Crippen LogP contribution in [0.5, 0.6) is 0 Å². The summed E-state index contributed by atoms with van der Waals surface area (Å²) in [7, 11) is -8.20. The molecule has 0 spiro atoms. The van der Waals surface area contributed by atoms with Crippen LogP contribution in [-0.2, 0) is 19.7 Å². The van der Waals surface area contributed by atoms with Gasteiger partial charge < -0.3 is 0 Å². The molecule has 0 amide bonds. The van der Waals surface area contributed by atoms with Crippen molar-refractivity contribution in [3.05, 3.63) is 59.4 Å². The van der Waals surface area contributed by atoms with Crippen LogP contribution < -0.4 is 0 Å². The summed E-state index contributed by atoms with van der Waals surface area (Å²) in [5.74, 6) is -0.603. The van der Waals surface area contributed by atoms with Crippen LogP contribution in [0.1, 0.15) is 13.8 Å². The van der Waals surface area contributed by atoms with Crippen LogP contribution in [0, 0.1) is 5.82 Å². The van der Waals surface area contributed by atoms with Crippen LogP contribution in [-0.4, -0.2) is 27.1 Å². The summed E-state index contributed by atoms with van der Waals surface area (Å²) >= 11 is 6.66. The summed E-state index contributed by atoms with van der Waals surface area (Å²) in [6.45, 7) is 2.93. The fraction of sp³-hybridized carbons (Fsp3) is 0.167. The Balaban J connectivity index is 2.27. The summed E-state index contributed by atoms with van der Waals surface area (Å²) in [4.78, 5) is 3.91. The summed E-state index contributed by atoms with van der Waals surface area (Å²) in [6, 6.07) is 10.6. The van der Waals surface area contributed by atoms with Crippen LogP contribution in [0.3, 0.4) is 0 Å². The normalized spacial score (nSPS) is 12.5. The molecule has 0 N–H and O–H groups in total. The van der Waals surface area contributed by atoms with Crippen LogP contribution in [0.2, 0.25) is 5.02 Å². The summed E-state index contributed by atoms with van der Waals surface area (Å²) in [5, 5.41) is -0.679. The van der Waals surface area contributed by atoms with E-state index < -0.39 is 35.8 Å². The van der Waals surface area contributed by atoms with Crippen molar-refractivity contribution in [1.82, 2.24) is 4.98 Å². The minimum Gasteiger partial charge on any atom is -0.223 e. The molecule has 0 aliphatic heterocycles. The van der Waals surface area contributed by atoms with Crippen LogP contribution >= 0.6 is 22.9 Å². The van der Waals surface area contributed by atoms with Crippen molar-refractivity contribution in [1.29, 1.82) is 0 Å². The molecule has 148 valence electrons. The van der Waals surface area contributed by atoms with Crippen molar-refractivity contribution in [3.8, 4) is 10.6 Å². The highest BCUT2D eigenvalue weighted by atomic mass is 35.5. The average molecular weight is 460 g/mol. The monoisotopic (exact) mass is 459 g/mol. The minimum atomic E-state index is -4.27. The molecule has 0 atom stereocenters. The number of sulfone groups is 2. The van der Waals surface area contributed by atoms with E-state index in [2.05, 4.69) is 4.98 Å².